The number of aliphatic imine (C=N–C) groups is 2. The molecular formula is C21H23Cl2N3. The molecule has 1 N–H and O–H groups in total. The Kier molecular flexibility index (Phi) is 8.02. The highest BCUT2D eigenvalue weighted by Crippen LogP contribution is 2.13. The van der Waals surface area contributed by atoms with Crippen molar-refractivity contribution in [3.63, 3.8) is 0 Å². The predicted molar refractivity (Wildman–Crippen MR) is 114 cm³/mol. The minimum atomic E-state index is 0.354. The van der Waals surface area contributed by atoms with Crippen molar-refractivity contribution in [3.05, 3.63) is 69.7 Å². The van der Waals surface area contributed by atoms with E-state index in [4.69, 9.17) is 28.6 Å². The fourth-order valence-corrected chi connectivity index (χ4v) is 2.78. The van der Waals surface area contributed by atoms with Gasteiger partial charge in [0, 0.05) is 21.5 Å². The van der Waals surface area contributed by atoms with Crippen molar-refractivity contribution in [2.24, 2.45) is 9.98 Å². The van der Waals surface area contributed by atoms with Gasteiger partial charge in [-0.2, -0.15) is 0 Å². The first kappa shape index (κ1) is 20.3. The fourth-order valence-electron chi connectivity index (χ4n) is 2.53. The van der Waals surface area contributed by atoms with Crippen LogP contribution in [0.4, 0.5) is 0 Å². The minimum absolute atomic E-state index is 0.354. The number of hydrogen-bond acceptors (Lipinski definition) is 3. The van der Waals surface area contributed by atoms with E-state index in [-0.39, 0.29) is 0 Å². The average Bonchev–Trinajstić information content (AvgIpc) is 2.65. The van der Waals surface area contributed by atoms with Crippen LogP contribution in [-0.2, 0) is 0 Å². The molecule has 0 fully saturated rings. The quantitative estimate of drug-likeness (QED) is 0.531. The van der Waals surface area contributed by atoms with Gasteiger partial charge < -0.3 is 5.41 Å². The van der Waals surface area contributed by atoms with Crippen molar-refractivity contribution in [3.8, 4) is 0 Å². The van der Waals surface area contributed by atoms with Gasteiger partial charge in [-0.05, 0) is 48.2 Å². The fraction of sp³-hybridized carbons (Fsp3) is 0.286. The number of hydrogen-bond donors (Lipinski definition) is 1. The first-order chi connectivity index (χ1) is 12.5. The van der Waals surface area contributed by atoms with Crippen LogP contribution in [0.1, 0.15) is 37.8 Å². The highest BCUT2D eigenvalue weighted by molar-refractivity contribution is 6.31. The lowest BCUT2D eigenvalue weighted by molar-refractivity contribution is 1.12. The molecule has 0 aromatic heterocycles. The molecule has 2 aromatic carbocycles. The van der Waals surface area contributed by atoms with E-state index in [0.717, 1.165) is 35.4 Å². The Morgan fingerprint density at radius 3 is 1.38 bits per heavy atom. The predicted octanol–water partition coefficient (Wildman–Crippen LogP) is 6.11. The second-order valence-corrected chi connectivity index (χ2v) is 6.72. The Balaban J connectivity index is 2.02. The smallest absolute Gasteiger partial charge is 0.0787 e. The summed E-state index contributed by atoms with van der Waals surface area (Å²) in [6.07, 6.45) is 1.62. The molecule has 136 valence electrons. The van der Waals surface area contributed by atoms with Crippen LogP contribution in [0.2, 0.25) is 10.0 Å². The number of nitrogens with one attached hydrogen (secondary N) is 1. The summed E-state index contributed by atoms with van der Waals surface area (Å²) in [5.74, 6) is 0. The lowest BCUT2D eigenvalue weighted by Crippen LogP contribution is -2.11. The van der Waals surface area contributed by atoms with Crippen molar-refractivity contribution in [2.45, 2.75) is 26.7 Å². The van der Waals surface area contributed by atoms with Gasteiger partial charge in [0.2, 0.25) is 0 Å². The molecule has 0 aliphatic carbocycles. The van der Waals surface area contributed by atoms with Gasteiger partial charge in [0.1, 0.15) is 0 Å². The maximum absolute atomic E-state index is 8.16. The van der Waals surface area contributed by atoms with Gasteiger partial charge in [0.15, 0.2) is 0 Å². The van der Waals surface area contributed by atoms with Gasteiger partial charge in [-0.1, -0.05) is 61.3 Å². The molecular weight excluding hydrogens is 365 g/mol. The zero-order valence-electron chi connectivity index (χ0n) is 15.1. The zero-order chi connectivity index (χ0) is 18.9. The Morgan fingerprint density at radius 1 is 0.731 bits per heavy atom. The van der Waals surface area contributed by atoms with E-state index in [1.807, 2.05) is 48.5 Å². The molecule has 3 nitrogen and oxygen atoms in total. The third kappa shape index (κ3) is 6.08. The minimum Gasteiger partial charge on any atom is -0.306 e. The van der Waals surface area contributed by atoms with Gasteiger partial charge in [0.25, 0.3) is 0 Å². The standard InChI is InChI=1S/C21H23Cl2N3/c1-3-20(15-5-9-17(22)10-6-15)25-13-19(24)14-26-21(4-2)16-7-11-18(23)12-8-16/h5-12,24H,3-4,13-14H2,1-2H3. The zero-order valence-corrected chi connectivity index (χ0v) is 16.6. The van der Waals surface area contributed by atoms with Crippen LogP contribution in [0.15, 0.2) is 58.5 Å². The summed E-state index contributed by atoms with van der Waals surface area (Å²) in [5.41, 5.74) is 4.53. The van der Waals surface area contributed by atoms with Crippen LogP contribution in [0, 0.1) is 5.41 Å². The summed E-state index contributed by atoms with van der Waals surface area (Å²) in [6.45, 7) is 4.83. The van der Waals surface area contributed by atoms with Crippen molar-refractivity contribution in [1.82, 2.24) is 0 Å². The lowest BCUT2D eigenvalue weighted by atomic mass is 10.1. The average molecular weight is 388 g/mol. The largest absolute Gasteiger partial charge is 0.306 e. The van der Waals surface area contributed by atoms with Gasteiger partial charge in [-0.25, -0.2) is 0 Å². The number of nitrogens with zero attached hydrogens (tertiary/aromatic N) is 2. The Labute approximate surface area is 165 Å². The third-order valence-corrected chi connectivity index (χ3v) is 4.45. The van der Waals surface area contributed by atoms with Gasteiger partial charge >= 0.3 is 0 Å². The van der Waals surface area contributed by atoms with E-state index in [1.165, 1.54) is 0 Å². The van der Waals surface area contributed by atoms with Crippen LogP contribution in [0.5, 0.6) is 0 Å². The molecule has 0 saturated heterocycles. The van der Waals surface area contributed by atoms with Crippen LogP contribution in [0.25, 0.3) is 0 Å². The van der Waals surface area contributed by atoms with Crippen molar-refractivity contribution >= 4 is 40.3 Å². The Morgan fingerprint density at radius 2 is 1.08 bits per heavy atom. The van der Waals surface area contributed by atoms with E-state index >= 15 is 0 Å². The number of rotatable bonds is 8. The molecule has 0 atom stereocenters. The maximum Gasteiger partial charge on any atom is 0.0787 e. The molecule has 0 saturated carbocycles. The van der Waals surface area contributed by atoms with Crippen LogP contribution < -0.4 is 0 Å². The van der Waals surface area contributed by atoms with Gasteiger partial charge in [-0.15, -0.1) is 0 Å². The summed E-state index contributed by atoms with van der Waals surface area (Å²) in [5, 5.41) is 9.58. The summed E-state index contributed by atoms with van der Waals surface area (Å²) in [6, 6.07) is 15.3. The summed E-state index contributed by atoms with van der Waals surface area (Å²) in [4.78, 5) is 9.18. The second kappa shape index (κ2) is 10.2. The van der Waals surface area contributed by atoms with Gasteiger partial charge in [0.05, 0.1) is 18.8 Å². The molecule has 0 spiro atoms. The molecule has 26 heavy (non-hydrogen) atoms. The summed E-state index contributed by atoms with van der Waals surface area (Å²) >= 11 is 11.9. The molecule has 0 amide bonds. The normalized spacial score (nSPS) is 12.3. The SMILES string of the molecule is CCC(=NCC(=N)CN=C(CC)c1ccc(Cl)cc1)c1ccc(Cl)cc1. The number of benzene rings is 2. The maximum atomic E-state index is 8.16. The van der Waals surface area contributed by atoms with Crippen LogP contribution in [0.3, 0.4) is 0 Å². The molecule has 5 heteroatoms. The first-order valence-corrected chi connectivity index (χ1v) is 9.43. The molecule has 0 aliphatic rings. The van der Waals surface area contributed by atoms with Gasteiger partial charge in [-0.3, -0.25) is 9.98 Å². The molecule has 2 rings (SSSR count). The highest BCUT2D eigenvalue weighted by Gasteiger charge is 2.04. The van der Waals surface area contributed by atoms with E-state index in [9.17, 15) is 0 Å². The topological polar surface area (TPSA) is 48.6 Å². The molecule has 0 heterocycles. The summed E-state index contributed by atoms with van der Waals surface area (Å²) in [7, 11) is 0. The van der Waals surface area contributed by atoms with Crippen molar-refractivity contribution in [2.75, 3.05) is 13.1 Å². The highest BCUT2D eigenvalue weighted by atomic mass is 35.5. The molecule has 2 aromatic rings. The molecule has 0 bridgehead atoms. The first-order valence-electron chi connectivity index (χ1n) is 8.68. The van der Waals surface area contributed by atoms with E-state index in [2.05, 4.69) is 23.8 Å². The number of halogens is 2. The van der Waals surface area contributed by atoms with E-state index in [1.54, 1.807) is 0 Å². The van der Waals surface area contributed by atoms with Crippen molar-refractivity contribution < 1.29 is 0 Å². The Bertz CT molecular complexity index is 724. The third-order valence-electron chi connectivity index (χ3n) is 3.95. The monoisotopic (exact) mass is 387 g/mol. The molecule has 0 aliphatic heterocycles. The van der Waals surface area contributed by atoms with Crippen LogP contribution >= 0.6 is 23.2 Å². The molecule has 0 radical (unpaired) electrons. The van der Waals surface area contributed by atoms with Crippen molar-refractivity contribution in [1.29, 1.82) is 5.41 Å². The summed E-state index contributed by atoms with van der Waals surface area (Å²) < 4.78 is 0. The lowest BCUT2D eigenvalue weighted by Gasteiger charge is -2.07. The van der Waals surface area contributed by atoms with Crippen LogP contribution in [-0.4, -0.2) is 30.2 Å². The van der Waals surface area contributed by atoms with E-state index in [0.29, 0.717) is 28.8 Å². The Hall–Kier alpha value is -1.97. The second-order valence-electron chi connectivity index (χ2n) is 5.85. The molecule has 0 unspecified atom stereocenters. The van der Waals surface area contributed by atoms with E-state index < -0.39 is 0 Å².